The molecule has 7 nitrogen and oxygen atoms in total. The molecule has 0 bridgehead atoms. The first-order chi connectivity index (χ1) is 13.9. The molecule has 0 spiro atoms. The lowest BCUT2D eigenvalue weighted by atomic mass is 10.2. The van der Waals surface area contributed by atoms with Gasteiger partial charge in [0.2, 0.25) is 17.7 Å². The van der Waals surface area contributed by atoms with Crippen LogP contribution in [0, 0.1) is 5.82 Å². The number of nitrogens with zero attached hydrogens (tertiary/aromatic N) is 2. The van der Waals surface area contributed by atoms with Crippen molar-refractivity contribution in [2.75, 3.05) is 41.7 Å². The number of piperazine rings is 1. The fraction of sp³-hybridized carbons (Fsp3) is 0.286. The van der Waals surface area contributed by atoms with Crippen LogP contribution >= 0.6 is 0 Å². The molecular formula is C21H23FN4O3. The Balaban J connectivity index is 1.48. The standard InChI is InChI=1S/C21H23FN4O3/c1-15(27)23-17-3-2-4-18(13-17)24-20(28)14-21(29)26-11-9-25(10-12-26)19-7-5-16(22)6-8-19/h2-8,13H,9-12,14H2,1H3,(H,23,27)(H,24,28). The minimum atomic E-state index is -0.407. The predicted octanol–water partition coefficient (Wildman–Crippen LogP) is 2.46. The van der Waals surface area contributed by atoms with Gasteiger partial charge in [0.05, 0.1) is 0 Å². The average Bonchev–Trinajstić information content (AvgIpc) is 2.68. The van der Waals surface area contributed by atoms with Crippen molar-refractivity contribution in [2.24, 2.45) is 0 Å². The zero-order chi connectivity index (χ0) is 20.8. The van der Waals surface area contributed by atoms with Crippen LogP contribution in [-0.4, -0.2) is 48.8 Å². The Morgan fingerprint density at radius 2 is 1.55 bits per heavy atom. The number of nitrogens with one attached hydrogen (secondary N) is 2. The van der Waals surface area contributed by atoms with Gasteiger partial charge in [-0.15, -0.1) is 0 Å². The van der Waals surface area contributed by atoms with Gasteiger partial charge in [-0.25, -0.2) is 4.39 Å². The second kappa shape index (κ2) is 9.18. The Morgan fingerprint density at radius 1 is 0.931 bits per heavy atom. The van der Waals surface area contributed by atoms with Crippen molar-refractivity contribution in [3.63, 3.8) is 0 Å². The van der Waals surface area contributed by atoms with Crippen LogP contribution in [0.4, 0.5) is 21.5 Å². The molecule has 2 aromatic rings. The maximum absolute atomic E-state index is 13.0. The fourth-order valence-corrected chi connectivity index (χ4v) is 3.20. The number of hydrogen-bond acceptors (Lipinski definition) is 4. The number of amides is 3. The van der Waals surface area contributed by atoms with Crippen molar-refractivity contribution in [2.45, 2.75) is 13.3 Å². The van der Waals surface area contributed by atoms with E-state index in [0.29, 0.717) is 37.6 Å². The predicted molar refractivity (Wildman–Crippen MR) is 109 cm³/mol. The van der Waals surface area contributed by atoms with Crippen molar-refractivity contribution in [3.05, 3.63) is 54.3 Å². The number of rotatable bonds is 5. The Labute approximate surface area is 168 Å². The molecule has 3 amide bonds. The van der Waals surface area contributed by atoms with Gasteiger partial charge in [-0.05, 0) is 42.5 Å². The molecule has 0 aromatic heterocycles. The van der Waals surface area contributed by atoms with Crippen LogP contribution in [0.5, 0.6) is 0 Å². The summed E-state index contributed by atoms with van der Waals surface area (Å²) < 4.78 is 13.0. The number of hydrogen-bond donors (Lipinski definition) is 2. The highest BCUT2D eigenvalue weighted by Gasteiger charge is 2.23. The molecule has 0 unspecified atom stereocenters. The van der Waals surface area contributed by atoms with Crippen molar-refractivity contribution in [1.82, 2.24) is 4.90 Å². The second-order valence-electron chi connectivity index (χ2n) is 6.83. The van der Waals surface area contributed by atoms with E-state index < -0.39 is 5.91 Å². The molecule has 152 valence electrons. The lowest BCUT2D eigenvalue weighted by Crippen LogP contribution is -2.49. The molecule has 3 rings (SSSR count). The summed E-state index contributed by atoms with van der Waals surface area (Å²) in [7, 11) is 0. The maximum atomic E-state index is 13.0. The van der Waals surface area contributed by atoms with Crippen LogP contribution in [0.3, 0.4) is 0 Å². The van der Waals surface area contributed by atoms with Crippen LogP contribution in [-0.2, 0) is 14.4 Å². The maximum Gasteiger partial charge on any atom is 0.233 e. The van der Waals surface area contributed by atoms with E-state index in [1.54, 1.807) is 41.3 Å². The normalized spacial score (nSPS) is 13.7. The SMILES string of the molecule is CC(=O)Nc1cccc(NC(=O)CC(=O)N2CCN(c3ccc(F)cc3)CC2)c1. The van der Waals surface area contributed by atoms with E-state index in [1.807, 2.05) is 0 Å². The summed E-state index contributed by atoms with van der Waals surface area (Å²) in [5.74, 6) is -1.13. The van der Waals surface area contributed by atoms with E-state index in [4.69, 9.17) is 0 Å². The van der Waals surface area contributed by atoms with Crippen LogP contribution in [0.1, 0.15) is 13.3 Å². The van der Waals surface area contributed by atoms with E-state index in [-0.39, 0.29) is 24.1 Å². The largest absolute Gasteiger partial charge is 0.368 e. The summed E-state index contributed by atoms with van der Waals surface area (Å²) in [5, 5.41) is 5.32. The molecule has 0 saturated carbocycles. The van der Waals surface area contributed by atoms with Gasteiger partial charge < -0.3 is 20.4 Å². The first kappa shape index (κ1) is 20.3. The van der Waals surface area contributed by atoms with Gasteiger partial charge in [-0.1, -0.05) is 6.07 Å². The summed E-state index contributed by atoms with van der Waals surface area (Å²) in [4.78, 5) is 39.5. The van der Waals surface area contributed by atoms with E-state index in [9.17, 15) is 18.8 Å². The number of halogens is 1. The highest BCUT2D eigenvalue weighted by atomic mass is 19.1. The Bertz CT molecular complexity index is 893. The molecular weight excluding hydrogens is 375 g/mol. The number of carbonyl (C=O) groups is 3. The molecule has 1 fully saturated rings. The minimum Gasteiger partial charge on any atom is -0.368 e. The number of anilines is 3. The average molecular weight is 398 g/mol. The summed E-state index contributed by atoms with van der Waals surface area (Å²) >= 11 is 0. The van der Waals surface area contributed by atoms with Crippen molar-refractivity contribution in [3.8, 4) is 0 Å². The summed E-state index contributed by atoms with van der Waals surface area (Å²) in [5.41, 5.74) is 1.99. The van der Waals surface area contributed by atoms with Gasteiger partial charge in [0.15, 0.2) is 0 Å². The van der Waals surface area contributed by atoms with Crippen LogP contribution < -0.4 is 15.5 Å². The first-order valence-electron chi connectivity index (χ1n) is 9.36. The van der Waals surface area contributed by atoms with Crippen molar-refractivity contribution >= 4 is 34.8 Å². The summed E-state index contributed by atoms with van der Waals surface area (Å²) in [6.07, 6.45) is -0.249. The highest BCUT2D eigenvalue weighted by Crippen LogP contribution is 2.18. The molecule has 0 radical (unpaired) electrons. The lowest BCUT2D eigenvalue weighted by molar-refractivity contribution is -0.134. The third-order valence-electron chi connectivity index (χ3n) is 4.60. The lowest BCUT2D eigenvalue weighted by Gasteiger charge is -2.36. The fourth-order valence-electron chi connectivity index (χ4n) is 3.20. The molecule has 0 aliphatic carbocycles. The van der Waals surface area contributed by atoms with Gasteiger partial charge in [0.1, 0.15) is 12.2 Å². The Hall–Kier alpha value is -3.42. The molecule has 29 heavy (non-hydrogen) atoms. The summed E-state index contributed by atoms with van der Waals surface area (Å²) in [6.45, 7) is 3.65. The van der Waals surface area contributed by atoms with Crippen LogP contribution in [0.2, 0.25) is 0 Å². The monoisotopic (exact) mass is 398 g/mol. The third-order valence-corrected chi connectivity index (χ3v) is 4.60. The molecule has 1 heterocycles. The number of benzene rings is 2. The van der Waals surface area contributed by atoms with E-state index >= 15 is 0 Å². The van der Waals surface area contributed by atoms with Crippen LogP contribution in [0.15, 0.2) is 48.5 Å². The quantitative estimate of drug-likeness (QED) is 0.758. The van der Waals surface area contributed by atoms with Gasteiger partial charge in [0, 0.05) is 50.2 Å². The molecule has 8 heteroatoms. The number of carbonyl (C=O) groups excluding carboxylic acids is 3. The first-order valence-corrected chi connectivity index (χ1v) is 9.36. The third kappa shape index (κ3) is 5.78. The zero-order valence-electron chi connectivity index (χ0n) is 16.2. The Kier molecular flexibility index (Phi) is 6.43. The van der Waals surface area contributed by atoms with E-state index in [0.717, 1.165) is 5.69 Å². The molecule has 1 aliphatic heterocycles. The second-order valence-corrected chi connectivity index (χ2v) is 6.83. The molecule has 1 aliphatic rings. The highest BCUT2D eigenvalue weighted by molar-refractivity contribution is 6.04. The smallest absolute Gasteiger partial charge is 0.233 e. The molecule has 2 aromatic carbocycles. The van der Waals surface area contributed by atoms with E-state index in [1.165, 1.54) is 19.1 Å². The van der Waals surface area contributed by atoms with Crippen LogP contribution in [0.25, 0.3) is 0 Å². The minimum absolute atomic E-state index is 0.205. The Morgan fingerprint density at radius 3 is 2.17 bits per heavy atom. The van der Waals surface area contributed by atoms with Gasteiger partial charge >= 0.3 is 0 Å². The molecule has 2 N–H and O–H groups in total. The topological polar surface area (TPSA) is 81.8 Å². The van der Waals surface area contributed by atoms with Crippen molar-refractivity contribution < 1.29 is 18.8 Å². The van der Waals surface area contributed by atoms with Crippen molar-refractivity contribution in [1.29, 1.82) is 0 Å². The van der Waals surface area contributed by atoms with Gasteiger partial charge in [-0.2, -0.15) is 0 Å². The van der Waals surface area contributed by atoms with E-state index in [2.05, 4.69) is 15.5 Å². The van der Waals surface area contributed by atoms with Gasteiger partial charge in [0.25, 0.3) is 0 Å². The zero-order valence-corrected chi connectivity index (χ0v) is 16.2. The summed E-state index contributed by atoms with van der Waals surface area (Å²) in [6, 6.07) is 13.0. The molecule has 1 saturated heterocycles. The van der Waals surface area contributed by atoms with Gasteiger partial charge in [-0.3, -0.25) is 14.4 Å². The molecule has 0 atom stereocenters.